The van der Waals surface area contributed by atoms with Crippen LogP contribution in [0.4, 0.5) is 0 Å². The van der Waals surface area contributed by atoms with E-state index in [0.29, 0.717) is 13.2 Å². The summed E-state index contributed by atoms with van der Waals surface area (Å²) < 4.78 is 20.1. The summed E-state index contributed by atoms with van der Waals surface area (Å²) in [6.45, 7) is 4.82. The molecule has 10 heavy (non-hydrogen) atoms. The molecule has 0 spiro atoms. The van der Waals surface area contributed by atoms with Gasteiger partial charge in [0, 0.05) is 4.57 Å². The maximum atomic E-state index is 10.6. The fourth-order valence-corrected chi connectivity index (χ4v) is 0.990. The fraction of sp³-hybridized carbons (Fsp3) is 1.00. The molecule has 0 saturated carbocycles. The lowest BCUT2D eigenvalue weighted by atomic mass is 10.4. The van der Waals surface area contributed by atoms with Gasteiger partial charge in [0.05, 0.1) is 0 Å². The highest BCUT2D eigenvalue weighted by molar-refractivity contribution is 7.33. The van der Waals surface area contributed by atoms with E-state index in [0.717, 1.165) is 12.8 Å². The van der Waals surface area contributed by atoms with Crippen LogP contribution >= 0.6 is 8.25 Å². The van der Waals surface area contributed by atoms with Gasteiger partial charge in [0.2, 0.25) is 0 Å². The van der Waals surface area contributed by atoms with Crippen LogP contribution in [0, 0.1) is 0 Å². The third-order valence-corrected chi connectivity index (χ3v) is 1.79. The van der Waals surface area contributed by atoms with Gasteiger partial charge in [-0.25, -0.2) is 0 Å². The average molecular weight is 165 g/mol. The van der Waals surface area contributed by atoms with Crippen LogP contribution in [0.5, 0.6) is 0 Å². The quantitative estimate of drug-likeness (QED) is 0.448. The number of rotatable bonds is 6. The lowest BCUT2D eigenvalue weighted by Crippen LogP contribution is -1.87. The molecule has 60 valence electrons. The molecule has 0 saturated heterocycles. The van der Waals surface area contributed by atoms with Crippen LogP contribution in [-0.2, 0) is 13.6 Å². The van der Waals surface area contributed by atoms with E-state index in [1.54, 1.807) is 6.92 Å². The number of unbranched alkanes of at least 4 members (excludes halogenated alkanes) is 1. The summed E-state index contributed by atoms with van der Waals surface area (Å²) in [7, 11) is -1.84. The van der Waals surface area contributed by atoms with Crippen LogP contribution in [0.2, 0.25) is 0 Å². The molecule has 0 aromatic heterocycles. The van der Waals surface area contributed by atoms with E-state index in [-0.39, 0.29) is 0 Å². The molecule has 0 aliphatic rings. The Morgan fingerprint density at radius 3 is 2.50 bits per heavy atom. The molecule has 1 atom stereocenters. The molecular formula is C6H14O3P+. The minimum absolute atomic E-state index is 0.446. The Hall–Kier alpha value is 0.0200. The summed E-state index contributed by atoms with van der Waals surface area (Å²) in [6, 6.07) is 0. The second-order valence-electron chi connectivity index (χ2n) is 1.83. The Morgan fingerprint density at radius 1 is 1.30 bits per heavy atom. The van der Waals surface area contributed by atoms with E-state index < -0.39 is 8.25 Å². The van der Waals surface area contributed by atoms with Gasteiger partial charge in [-0.1, -0.05) is 13.3 Å². The number of hydrogen-bond acceptors (Lipinski definition) is 3. The van der Waals surface area contributed by atoms with Crippen molar-refractivity contribution in [3.63, 3.8) is 0 Å². The Balaban J connectivity index is 3.05. The second kappa shape index (κ2) is 7.13. The van der Waals surface area contributed by atoms with Gasteiger partial charge in [-0.05, 0) is 13.3 Å². The van der Waals surface area contributed by atoms with Crippen molar-refractivity contribution in [2.75, 3.05) is 13.2 Å². The molecule has 0 fully saturated rings. The first-order chi connectivity index (χ1) is 4.81. The normalized spacial score (nSPS) is 11.6. The molecule has 3 nitrogen and oxygen atoms in total. The van der Waals surface area contributed by atoms with E-state index in [2.05, 4.69) is 11.4 Å². The predicted molar refractivity (Wildman–Crippen MR) is 40.1 cm³/mol. The third-order valence-electron chi connectivity index (χ3n) is 0.929. The summed E-state index contributed by atoms with van der Waals surface area (Å²) >= 11 is 0. The van der Waals surface area contributed by atoms with Crippen LogP contribution in [-0.4, -0.2) is 13.2 Å². The van der Waals surface area contributed by atoms with E-state index in [9.17, 15) is 4.57 Å². The summed E-state index contributed by atoms with van der Waals surface area (Å²) in [6.07, 6.45) is 1.99. The Kier molecular flexibility index (Phi) is 7.15. The standard InChI is InChI=1S/C6H14O3P/c1-3-5-6-9-10(7)8-4-2/h3-6H2,1-2H3/q+1. The van der Waals surface area contributed by atoms with Crippen molar-refractivity contribution in [1.29, 1.82) is 0 Å². The first-order valence-electron chi connectivity index (χ1n) is 3.54. The van der Waals surface area contributed by atoms with Crippen molar-refractivity contribution in [3.8, 4) is 0 Å². The van der Waals surface area contributed by atoms with Crippen molar-refractivity contribution in [2.24, 2.45) is 0 Å². The fourth-order valence-electron chi connectivity index (χ4n) is 0.426. The molecule has 0 N–H and O–H groups in total. The Labute approximate surface area is 62.7 Å². The zero-order valence-electron chi connectivity index (χ0n) is 6.50. The topological polar surface area (TPSA) is 35.5 Å². The van der Waals surface area contributed by atoms with Gasteiger partial charge < -0.3 is 0 Å². The lowest BCUT2D eigenvalue weighted by molar-refractivity contribution is 0.231. The molecule has 4 heteroatoms. The minimum atomic E-state index is -1.84. The Morgan fingerprint density at radius 2 is 2.00 bits per heavy atom. The predicted octanol–water partition coefficient (Wildman–Crippen LogP) is 2.50. The van der Waals surface area contributed by atoms with Crippen molar-refractivity contribution in [3.05, 3.63) is 0 Å². The number of hydrogen-bond donors (Lipinski definition) is 0. The van der Waals surface area contributed by atoms with Crippen molar-refractivity contribution in [1.82, 2.24) is 0 Å². The largest absolute Gasteiger partial charge is 0.697 e. The van der Waals surface area contributed by atoms with Crippen molar-refractivity contribution >= 4 is 8.25 Å². The SMILES string of the molecule is CCCCO[P+](=O)OCC. The van der Waals surface area contributed by atoms with Gasteiger partial charge in [0.25, 0.3) is 0 Å². The summed E-state index contributed by atoms with van der Waals surface area (Å²) in [5.41, 5.74) is 0. The monoisotopic (exact) mass is 165 g/mol. The van der Waals surface area contributed by atoms with Crippen LogP contribution in [0.1, 0.15) is 26.7 Å². The first-order valence-corrected chi connectivity index (χ1v) is 4.63. The first kappa shape index (κ1) is 10.0. The molecular weight excluding hydrogens is 151 g/mol. The van der Waals surface area contributed by atoms with E-state index >= 15 is 0 Å². The van der Waals surface area contributed by atoms with Gasteiger partial charge in [-0.3, -0.25) is 0 Å². The minimum Gasteiger partial charge on any atom is -0.119 e. The van der Waals surface area contributed by atoms with Crippen LogP contribution in [0.3, 0.4) is 0 Å². The molecule has 0 aromatic rings. The van der Waals surface area contributed by atoms with E-state index in [1.165, 1.54) is 0 Å². The molecule has 0 aliphatic heterocycles. The molecule has 0 bridgehead atoms. The summed E-state index contributed by atoms with van der Waals surface area (Å²) in [4.78, 5) is 0. The van der Waals surface area contributed by atoms with E-state index in [1.807, 2.05) is 0 Å². The zero-order chi connectivity index (χ0) is 7.82. The maximum Gasteiger partial charge on any atom is 0.697 e. The van der Waals surface area contributed by atoms with Gasteiger partial charge in [0.1, 0.15) is 13.2 Å². The van der Waals surface area contributed by atoms with Gasteiger partial charge >= 0.3 is 8.25 Å². The molecule has 0 aromatic carbocycles. The van der Waals surface area contributed by atoms with Crippen molar-refractivity contribution < 1.29 is 13.6 Å². The molecule has 1 unspecified atom stereocenters. The van der Waals surface area contributed by atoms with Gasteiger partial charge in [-0.2, -0.15) is 0 Å². The zero-order valence-corrected chi connectivity index (χ0v) is 7.39. The molecule has 0 rings (SSSR count). The Bertz CT molecular complexity index is 95.0. The van der Waals surface area contributed by atoms with Crippen LogP contribution in [0.15, 0.2) is 0 Å². The van der Waals surface area contributed by atoms with Crippen LogP contribution in [0.25, 0.3) is 0 Å². The highest BCUT2D eigenvalue weighted by atomic mass is 31.1. The molecule has 0 aliphatic carbocycles. The van der Waals surface area contributed by atoms with Crippen molar-refractivity contribution in [2.45, 2.75) is 26.7 Å². The van der Waals surface area contributed by atoms with Gasteiger partial charge in [-0.15, -0.1) is 9.05 Å². The highest BCUT2D eigenvalue weighted by Crippen LogP contribution is 2.23. The second-order valence-corrected chi connectivity index (χ2v) is 2.79. The molecule has 0 amide bonds. The molecule has 0 radical (unpaired) electrons. The highest BCUT2D eigenvalue weighted by Gasteiger charge is 2.17. The van der Waals surface area contributed by atoms with E-state index in [4.69, 9.17) is 4.52 Å². The molecule has 0 heterocycles. The van der Waals surface area contributed by atoms with Gasteiger partial charge in [0.15, 0.2) is 0 Å². The maximum absolute atomic E-state index is 10.6. The van der Waals surface area contributed by atoms with Crippen LogP contribution < -0.4 is 0 Å². The summed E-state index contributed by atoms with van der Waals surface area (Å²) in [5.74, 6) is 0. The summed E-state index contributed by atoms with van der Waals surface area (Å²) in [5, 5.41) is 0. The third kappa shape index (κ3) is 6.14. The lowest BCUT2D eigenvalue weighted by Gasteiger charge is -1.86. The average Bonchev–Trinajstić information content (AvgIpc) is 1.89. The smallest absolute Gasteiger partial charge is 0.119 e.